The van der Waals surface area contributed by atoms with Gasteiger partial charge in [0.25, 0.3) is 0 Å². The van der Waals surface area contributed by atoms with Gasteiger partial charge in [-0.2, -0.15) is 0 Å². The molecule has 1 heterocycles. The fourth-order valence-electron chi connectivity index (χ4n) is 2.85. The average Bonchev–Trinajstić information content (AvgIpc) is 2.69. The SMILES string of the molecule is COC(=O)c1cccc(C(c2cc(O)ccc2C=O)N2C=COC=C2)c1. The minimum atomic E-state index is -0.455. The number of methoxy groups -OCH3 is 1. The van der Waals surface area contributed by atoms with Crippen LogP contribution in [0.15, 0.2) is 67.4 Å². The molecule has 0 aromatic heterocycles. The van der Waals surface area contributed by atoms with Gasteiger partial charge < -0.3 is 19.5 Å². The van der Waals surface area contributed by atoms with Crippen molar-refractivity contribution in [1.82, 2.24) is 4.90 Å². The van der Waals surface area contributed by atoms with Crippen LogP contribution in [-0.4, -0.2) is 29.4 Å². The first-order chi connectivity index (χ1) is 12.6. The maximum absolute atomic E-state index is 11.9. The number of hydrogen-bond donors (Lipinski definition) is 1. The molecule has 1 aliphatic rings. The standard InChI is InChI=1S/C20H17NO5/c1-25-20(24)15-4-2-3-14(11-15)19(21-7-9-26-10-8-21)18-12-17(23)6-5-16(18)13-22/h2-13,19,23H,1H3. The molecule has 2 aromatic carbocycles. The van der Waals surface area contributed by atoms with E-state index in [-0.39, 0.29) is 5.75 Å². The fourth-order valence-corrected chi connectivity index (χ4v) is 2.85. The second kappa shape index (κ2) is 7.57. The quantitative estimate of drug-likeness (QED) is 0.658. The van der Waals surface area contributed by atoms with Crippen molar-refractivity contribution in [2.45, 2.75) is 6.04 Å². The Morgan fingerprint density at radius 3 is 2.65 bits per heavy atom. The van der Waals surface area contributed by atoms with Gasteiger partial charge in [-0.1, -0.05) is 12.1 Å². The van der Waals surface area contributed by atoms with Gasteiger partial charge in [0.15, 0.2) is 0 Å². The molecule has 2 aromatic rings. The lowest BCUT2D eigenvalue weighted by atomic mass is 9.92. The van der Waals surface area contributed by atoms with Crippen molar-refractivity contribution >= 4 is 12.3 Å². The number of aldehydes is 1. The fraction of sp³-hybridized carbons (Fsp3) is 0.100. The Morgan fingerprint density at radius 1 is 1.19 bits per heavy atom. The van der Waals surface area contributed by atoms with Gasteiger partial charge in [0.2, 0.25) is 0 Å². The predicted octanol–water partition coefficient (Wildman–Crippen LogP) is 3.36. The topological polar surface area (TPSA) is 76.1 Å². The van der Waals surface area contributed by atoms with Crippen LogP contribution in [0.4, 0.5) is 0 Å². The van der Waals surface area contributed by atoms with E-state index < -0.39 is 12.0 Å². The van der Waals surface area contributed by atoms with Crippen LogP contribution in [0.2, 0.25) is 0 Å². The maximum Gasteiger partial charge on any atom is 0.337 e. The first kappa shape index (κ1) is 17.3. The van der Waals surface area contributed by atoms with Crippen LogP contribution in [0.1, 0.15) is 37.9 Å². The number of aromatic hydroxyl groups is 1. The highest BCUT2D eigenvalue weighted by atomic mass is 16.5. The molecule has 0 aliphatic carbocycles. The van der Waals surface area contributed by atoms with Gasteiger partial charge in [-0.05, 0) is 41.5 Å². The molecule has 0 saturated carbocycles. The molecule has 0 spiro atoms. The number of hydrogen-bond acceptors (Lipinski definition) is 6. The summed E-state index contributed by atoms with van der Waals surface area (Å²) in [5.41, 5.74) is 2.17. The number of benzene rings is 2. The zero-order valence-corrected chi connectivity index (χ0v) is 14.0. The molecule has 26 heavy (non-hydrogen) atoms. The third-order valence-electron chi connectivity index (χ3n) is 4.04. The second-order valence-electron chi connectivity index (χ2n) is 5.60. The number of carbonyl (C=O) groups excluding carboxylic acids is 2. The maximum atomic E-state index is 11.9. The molecule has 0 radical (unpaired) electrons. The van der Waals surface area contributed by atoms with Crippen molar-refractivity contribution in [1.29, 1.82) is 0 Å². The number of rotatable bonds is 5. The Kier molecular flexibility index (Phi) is 5.03. The van der Waals surface area contributed by atoms with E-state index in [1.165, 1.54) is 31.8 Å². The number of ether oxygens (including phenoxy) is 2. The highest BCUT2D eigenvalue weighted by molar-refractivity contribution is 5.89. The molecule has 6 heteroatoms. The van der Waals surface area contributed by atoms with Gasteiger partial charge in [-0.25, -0.2) is 4.79 Å². The van der Waals surface area contributed by atoms with Gasteiger partial charge >= 0.3 is 5.97 Å². The number of esters is 1. The molecule has 0 amide bonds. The largest absolute Gasteiger partial charge is 0.508 e. The van der Waals surface area contributed by atoms with Crippen LogP contribution >= 0.6 is 0 Å². The Hall–Kier alpha value is -3.54. The lowest BCUT2D eigenvalue weighted by molar-refractivity contribution is 0.0600. The number of phenolic OH excluding ortho intramolecular Hbond substituents is 1. The van der Waals surface area contributed by atoms with Crippen molar-refractivity contribution in [2.24, 2.45) is 0 Å². The van der Waals surface area contributed by atoms with Gasteiger partial charge in [-0.3, -0.25) is 4.79 Å². The third kappa shape index (κ3) is 3.44. The predicted molar refractivity (Wildman–Crippen MR) is 94.3 cm³/mol. The summed E-state index contributed by atoms with van der Waals surface area (Å²) in [7, 11) is 1.32. The van der Waals surface area contributed by atoms with E-state index >= 15 is 0 Å². The van der Waals surface area contributed by atoms with Crippen LogP contribution < -0.4 is 0 Å². The normalized spacial score (nSPS) is 13.8. The Labute approximate surface area is 150 Å². The Morgan fingerprint density at radius 2 is 1.96 bits per heavy atom. The molecule has 1 N–H and O–H groups in total. The molecule has 132 valence electrons. The van der Waals surface area contributed by atoms with E-state index in [1.807, 2.05) is 11.0 Å². The van der Waals surface area contributed by atoms with Gasteiger partial charge in [0, 0.05) is 18.0 Å². The second-order valence-corrected chi connectivity index (χ2v) is 5.60. The van der Waals surface area contributed by atoms with Crippen LogP contribution in [0, 0.1) is 0 Å². The molecule has 6 nitrogen and oxygen atoms in total. The van der Waals surface area contributed by atoms with E-state index in [4.69, 9.17) is 9.47 Å². The minimum Gasteiger partial charge on any atom is -0.508 e. The van der Waals surface area contributed by atoms with Crippen molar-refractivity contribution in [3.63, 3.8) is 0 Å². The van der Waals surface area contributed by atoms with Gasteiger partial charge in [0.1, 0.15) is 24.6 Å². The van der Waals surface area contributed by atoms with E-state index in [0.29, 0.717) is 16.7 Å². The Bertz CT molecular complexity index is 876. The van der Waals surface area contributed by atoms with E-state index in [9.17, 15) is 14.7 Å². The lowest BCUT2D eigenvalue weighted by Gasteiger charge is -2.30. The van der Waals surface area contributed by atoms with Crippen LogP contribution in [-0.2, 0) is 9.47 Å². The summed E-state index contributed by atoms with van der Waals surface area (Å²) in [4.78, 5) is 25.3. The average molecular weight is 351 g/mol. The van der Waals surface area contributed by atoms with Crippen molar-refractivity contribution < 1.29 is 24.2 Å². The molecular formula is C20H17NO5. The highest BCUT2D eigenvalue weighted by Crippen LogP contribution is 2.34. The minimum absolute atomic E-state index is 0.0425. The third-order valence-corrected chi connectivity index (χ3v) is 4.04. The van der Waals surface area contributed by atoms with Crippen molar-refractivity contribution in [3.8, 4) is 5.75 Å². The molecule has 1 atom stereocenters. The van der Waals surface area contributed by atoms with Crippen molar-refractivity contribution in [2.75, 3.05) is 7.11 Å². The molecule has 1 aliphatic heterocycles. The summed E-state index contributed by atoms with van der Waals surface area (Å²) in [6, 6.07) is 11.0. The number of carbonyl (C=O) groups is 2. The van der Waals surface area contributed by atoms with Crippen LogP contribution in [0.3, 0.4) is 0 Å². The number of phenols is 1. The van der Waals surface area contributed by atoms with Crippen molar-refractivity contribution in [3.05, 3.63) is 89.6 Å². The molecule has 0 bridgehead atoms. The van der Waals surface area contributed by atoms with Gasteiger partial charge in [-0.15, -0.1) is 0 Å². The molecular weight excluding hydrogens is 334 g/mol. The van der Waals surface area contributed by atoms with E-state index in [0.717, 1.165) is 11.8 Å². The first-order valence-electron chi connectivity index (χ1n) is 7.86. The summed E-state index contributed by atoms with van der Waals surface area (Å²) >= 11 is 0. The zero-order chi connectivity index (χ0) is 18.5. The van der Waals surface area contributed by atoms with E-state index in [1.54, 1.807) is 36.7 Å². The number of nitrogens with zero attached hydrogens (tertiary/aromatic N) is 1. The first-order valence-corrected chi connectivity index (χ1v) is 7.86. The smallest absolute Gasteiger partial charge is 0.337 e. The monoisotopic (exact) mass is 351 g/mol. The molecule has 1 unspecified atom stereocenters. The van der Waals surface area contributed by atoms with Crippen LogP contribution in [0.25, 0.3) is 0 Å². The molecule has 0 fully saturated rings. The molecule has 3 rings (SSSR count). The van der Waals surface area contributed by atoms with E-state index in [2.05, 4.69) is 0 Å². The summed E-state index contributed by atoms with van der Waals surface area (Å²) in [5, 5.41) is 9.94. The van der Waals surface area contributed by atoms with Gasteiger partial charge in [0.05, 0.1) is 18.7 Å². The summed E-state index contributed by atoms with van der Waals surface area (Å²) in [6.45, 7) is 0. The summed E-state index contributed by atoms with van der Waals surface area (Å²) in [5.74, 6) is -0.411. The molecule has 0 saturated heterocycles. The Balaban J connectivity index is 2.17. The summed E-state index contributed by atoms with van der Waals surface area (Å²) < 4.78 is 9.87. The zero-order valence-electron chi connectivity index (χ0n) is 14.0. The summed E-state index contributed by atoms with van der Waals surface area (Å²) in [6.07, 6.45) is 7.14. The highest BCUT2D eigenvalue weighted by Gasteiger charge is 2.24. The lowest BCUT2D eigenvalue weighted by Crippen LogP contribution is -2.22. The van der Waals surface area contributed by atoms with Crippen LogP contribution in [0.5, 0.6) is 5.75 Å².